The lowest BCUT2D eigenvalue weighted by Crippen LogP contribution is -2.30. The van der Waals surface area contributed by atoms with Gasteiger partial charge in [-0.2, -0.15) is 0 Å². The van der Waals surface area contributed by atoms with Crippen molar-refractivity contribution >= 4 is 17.3 Å². The van der Waals surface area contributed by atoms with Crippen LogP contribution in [-0.2, 0) is 0 Å². The van der Waals surface area contributed by atoms with E-state index >= 15 is 0 Å². The zero-order chi connectivity index (χ0) is 12.6. The van der Waals surface area contributed by atoms with E-state index in [-0.39, 0.29) is 11.3 Å². The summed E-state index contributed by atoms with van der Waals surface area (Å²) in [5, 5.41) is 18.9. The second kappa shape index (κ2) is 3.92. The van der Waals surface area contributed by atoms with Gasteiger partial charge in [-0.05, 0) is 25.5 Å². The van der Waals surface area contributed by atoms with Gasteiger partial charge in [0.1, 0.15) is 0 Å². The summed E-state index contributed by atoms with van der Waals surface area (Å²) in [6, 6.07) is 4.93. The molecule has 5 nitrogen and oxygen atoms in total. The van der Waals surface area contributed by atoms with Crippen LogP contribution >= 0.6 is 0 Å². The number of anilines is 2. The molecule has 1 atom stereocenters. The maximum absolute atomic E-state index is 11.0. The van der Waals surface area contributed by atoms with Crippen LogP contribution in [0.1, 0.15) is 23.7 Å². The van der Waals surface area contributed by atoms with Crippen molar-refractivity contribution in [3.05, 3.63) is 23.8 Å². The Balaban J connectivity index is 2.34. The molecule has 1 unspecified atom stereocenters. The summed E-state index contributed by atoms with van der Waals surface area (Å²) < 4.78 is 0. The first kappa shape index (κ1) is 11.7. The molecule has 17 heavy (non-hydrogen) atoms. The molecule has 4 N–H and O–H groups in total. The number of hydrogen-bond donors (Lipinski definition) is 3. The van der Waals surface area contributed by atoms with Crippen LogP contribution in [0.4, 0.5) is 11.4 Å². The lowest BCUT2D eigenvalue weighted by atomic mass is 10.1. The van der Waals surface area contributed by atoms with Crippen molar-refractivity contribution in [1.82, 2.24) is 0 Å². The van der Waals surface area contributed by atoms with Gasteiger partial charge < -0.3 is 20.8 Å². The Morgan fingerprint density at radius 1 is 1.53 bits per heavy atom. The van der Waals surface area contributed by atoms with Gasteiger partial charge in [-0.15, -0.1) is 0 Å². The quantitative estimate of drug-likeness (QED) is 0.665. The molecule has 0 bridgehead atoms. The van der Waals surface area contributed by atoms with Gasteiger partial charge in [0.05, 0.1) is 22.5 Å². The normalized spacial score (nSPS) is 24.0. The number of benzene rings is 1. The zero-order valence-electron chi connectivity index (χ0n) is 9.68. The van der Waals surface area contributed by atoms with E-state index in [0.29, 0.717) is 25.2 Å². The number of carbonyl (C=O) groups is 1. The van der Waals surface area contributed by atoms with Crippen molar-refractivity contribution in [2.24, 2.45) is 0 Å². The van der Waals surface area contributed by atoms with E-state index in [1.807, 2.05) is 4.90 Å². The number of nitrogens with two attached hydrogens (primary N) is 1. The third kappa shape index (κ3) is 2.19. The van der Waals surface area contributed by atoms with E-state index in [1.54, 1.807) is 19.1 Å². The van der Waals surface area contributed by atoms with Gasteiger partial charge in [-0.3, -0.25) is 0 Å². The van der Waals surface area contributed by atoms with Crippen LogP contribution in [0.15, 0.2) is 18.2 Å². The number of β-amino-alcohol motifs (C(OH)–C–C–N with tert-alkyl or cyclic N) is 1. The van der Waals surface area contributed by atoms with Gasteiger partial charge in [-0.25, -0.2) is 4.79 Å². The fraction of sp³-hybridized carbons (Fsp3) is 0.417. The number of nitrogen functional groups attached to an aromatic ring is 1. The third-order valence-electron chi connectivity index (χ3n) is 3.11. The Hall–Kier alpha value is -1.75. The Labute approximate surface area is 99.5 Å². The highest BCUT2D eigenvalue weighted by Crippen LogP contribution is 2.32. The summed E-state index contributed by atoms with van der Waals surface area (Å²) in [5.74, 6) is -1.03. The van der Waals surface area contributed by atoms with Crippen molar-refractivity contribution < 1.29 is 15.0 Å². The van der Waals surface area contributed by atoms with Gasteiger partial charge in [0, 0.05) is 13.1 Å². The minimum absolute atomic E-state index is 0.106. The van der Waals surface area contributed by atoms with Crippen molar-refractivity contribution in [1.29, 1.82) is 0 Å². The summed E-state index contributed by atoms with van der Waals surface area (Å²) in [7, 11) is 0. The van der Waals surface area contributed by atoms with Crippen molar-refractivity contribution in [3.8, 4) is 0 Å². The largest absolute Gasteiger partial charge is 0.478 e. The third-order valence-corrected chi connectivity index (χ3v) is 3.11. The van der Waals surface area contributed by atoms with Crippen LogP contribution < -0.4 is 10.6 Å². The van der Waals surface area contributed by atoms with Gasteiger partial charge in [0.15, 0.2) is 0 Å². The highest BCUT2D eigenvalue weighted by molar-refractivity contribution is 5.97. The van der Waals surface area contributed by atoms with Crippen molar-refractivity contribution in [2.75, 3.05) is 23.7 Å². The lowest BCUT2D eigenvalue weighted by Gasteiger charge is -2.22. The fourth-order valence-corrected chi connectivity index (χ4v) is 2.17. The molecule has 1 fully saturated rings. The minimum atomic E-state index is -1.03. The topological polar surface area (TPSA) is 86.8 Å². The smallest absolute Gasteiger partial charge is 0.337 e. The molecular formula is C12H16N2O3. The number of carboxylic acids is 1. The molecule has 0 aromatic heterocycles. The molecule has 92 valence electrons. The van der Waals surface area contributed by atoms with Crippen LogP contribution in [0.3, 0.4) is 0 Å². The average Bonchev–Trinajstić information content (AvgIpc) is 2.58. The summed E-state index contributed by atoms with van der Waals surface area (Å²) in [6.45, 7) is 2.92. The first-order valence-electron chi connectivity index (χ1n) is 5.50. The number of aromatic carboxylic acids is 1. The summed E-state index contributed by atoms with van der Waals surface area (Å²) >= 11 is 0. The number of nitrogens with zero attached hydrogens (tertiary/aromatic N) is 1. The number of para-hydroxylation sites is 1. The van der Waals surface area contributed by atoms with Crippen LogP contribution in [-0.4, -0.2) is 34.9 Å². The maximum Gasteiger partial charge on any atom is 0.337 e. The Morgan fingerprint density at radius 3 is 2.76 bits per heavy atom. The summed E-state index contributed by atoms with van der Waals surface area (Å²) in [6.07, 6.45) is 0.656. The van der Waals surface area contributed by atoms with Gasteiger partial charge in [0.25, 0.3) is 0 Å². The molecule has 0 saturated carbocycles. The van der Waals surface area contributed by atoms with E-state index in [0.717, 1.165) is 0 Å². The molecule has 5 heteroatoms. The van der Waals surface area contributed by atoms with Crippen LogP contribution in [0.2, 0.25) is 0 Å². The zero-order valence-corrected chi connectivity index (χ0v) is 9.68. The second-order valence-electron chi connectivity index (χ2n) is 4.71. The van der Waals surface area contributed by atoms with E-state index in [9.17, 15) is 9.90 Å². The summed E-state index contributed by atoms with van der Waals surface area (Å²) in [4.78, 5) is 12.9. The Kier molecular flexibility index (Phi) is 2.71. The lowest BCUT2D eigenvalue weighted by molar-refractivity contribution is 0.0698. The second-order valence-corrected chi connectivity index (χ2v) is 4.71. The summed E-state index contributed by atoms with van der Waals surface area (Å²) in [5.41, 5.74) is 6.17. The molecule has 1 aliphatic rings. The van der Waals surface area contributed by atoms with E-state index < -0.39 is 11.6 Å². The fourth-order valence-electron chi connectivity index (χ4n) is 2.17. The number of carboxylic acid groups (broad SMARTS) is 1. The molecule has 0 radical (unpaired) electrons. The molecule has 2 rings (SSSR count). The SMILES string of the molecule is CC1(O)CCN(c2cccc(C(=O)O)c2N)C1. The van der Waals surface area contributed by atoms with E-state index in [4.69, 9.17) is 10.8 Å². The molecule has 0 amide bonds. The molecule has 1 heterocycles. The van der Waals surface area contributed by atoms with Gasteiger partial charge >= 0.3 is 5.97 Å². The number of hydrogen-bond acceptors (Lipinski definition) is 4. The molecular weight excluding hydrogens is 220 g/mol. The average molecular weight is 236 g/mol. The molecule has 0 aliphatic carbocycles. The maximum atomic E-state index is 11.0. The Bertz CT molecular complexity index is 457. The number of rotatable bonds is 2. The van der Waals surface area contributed by atoms with Crippen molar-refractivity contribution in [3.63, 3.8) is 0 Å². The monoisotopic (exact) mass is 236 g/mol. The Morgan fingerprint density at radius 2 is 2.24 bits per heavy atom. The first-order valence-corrected chi connectivity index (χ1v) is 5.50. The molecule has 1 aromatic rings. The predicted octanol–water partition coefficient (Wildman–Crippen LogP) is 0.928. The van der Waals surface area contributed by atoms with Crippen molar-refractivity contribution in [2.45, 2.75) is 18.9 Å². The van der Waals surface area contributed by atoms with Gasteiger partial charge in [-0.1, -0.05) is 6.07 Å². The molecule has 1 aliphatic heterocycles. The standard InChI is InChI=1S/C12H16N2O3/c1-12(17)5-6-14(7-12)9-4-2-3-8(10(9)13)11(15)16/h2-4,17H,5-7,13H2,1H3,(H,15,16). The molecule has 1 saturated heterocycles. The number of aliphatic hydroxyl groups is 1. The van der Waals surface area contributed by atoms with Crippen LogP contribution in [0, 0.1) is 0 Å². The highest BCUT2D eigenvalue weighted by Gasteiger charge is 2.32. The first-order chi connectivity index (χ1) is 7.91. The van der Waals surface area contributed by atoms with Crippen LogP contribution in [0.5, 0.6) is 0 Å². The highest BCUT2D eigenvalue weighted by atomic mass is 16.4. The molecule has 1 aromatic carbocycles. The van der Waals surface area contributed by atoms with Crippen LogP contribution in [0.25, 0.3) is 0 Å². The minimum Gasteiger partial charge on any atom is -0.478 e. The predicted molar refractivity (Wildman–Crippen MR) is 65.3 cm³/mol. The molecule has 0 spiro atoms. The van der Waals surface area contributed by atoms with Gasteiger partial charge in [0.2, 0.25) is 0 Å². The van der Waals surface area contributed by atoms with E-state index in [2.05, 4.69) is 0 Å². The van der Waals surface area contributed by atoms with E-state index in [1.165, 1.54) is 6.07 Å².